The van der Waals surface area contributed by atoms with Crippen LogP contribution in [0.5, 0.6) is 0 Å². The van der Waals surface area contributed by atoms with Gasteiger partial charge in [-0.3, -0.25) is 4.79 Å². The average molecular weight is 306 g/mol. The minimum absolute atomic E-state index is 0.00326. The van der Waals surface area contributed by atoms with Crippen molar-refractivity contribution in [2.24, 2.45) is 0 Å². The molecule has 0 heterocycles. The second kappa shape index (κ2) is 6.36. The van der Waals surface area contributed by atoms with Crippen LogP contribution >= 0.6 is 11.6 Å². The Morgan fingerprint density at radius 2 is 2.11 bits per heavy atom. The van der Waals surface area contributed by atoms with E-state index in [1.807, 2.05) is 6.92 Å². The van der Waals surface area contributed by atoms with Crippen LogP contribution in [0, 0.1) is 6.92 Å². The van der Waals surface area contributed by atoms with Gasteiger partial charge < -0.3 is 4.74 Å². The number of carbonyl (C=O) groups excluding carboxylic acids is 1. The van der Waals surface area contributed by atoms with Gasteiger partial charge in [0.15, 0.2) is 0 Å². The molecule has 1 N–H and O–H groups in total. The predicted octanol–water partition coefficient (Wildman–Crippen LogP) is 1.88. The summed E-state index contributed by atoms with van der Waals surface area (Å²) >= 11 is 5.92. The number of methoxy groups -OCH3 is 1. The molecule has 1 aromatic carbocycles. The lowest BCUT2D eigenvalue weighted by Crippen LogP contribution is -2.34. The number of benzene rings is 1. The van der Waals surface area contributed by atoms with Gasteiger partial charge in [-0.2, -0.15) is 0 Å². The molecule has 5 nitrogen and oxygen atoms in total. The summed E-state index contributed by atoms with van der Waals surface area (Å²) in [6.07, 6.45) is -0.0425. The number of esters is 1. The minimum Gasteiger partial charge on any atom is -0.469 e. The third-order valence-corrected chi connectivity index (χ3v) is 4.51. The fourth-order valence-electron chi connectivity index (χ4n) is 1.53. The predicted molar refractivity (Wildman–Crippen MR) is 72.6 cm³/mol. The number of ether oxygens (including phenoxy) is 1. The molecule has 0 saturated heterocycles. The van der Waals surface area contributed by atoms with E-state index in [2.05, 4.69) is 9.46 Å². The molecule has 0 aliphatic heterocycles. The Kier molecular flexibility index (Phi) is 5.34. The van der Waals surface area contributed by atoms with E-state index in [9.17, 15) is 13.2 Å². The van der Waals surface area contributed by atoms with Crippen LogP contribution in [-0.4, -0.2) is 27.5 Å². The molecular formula is C12H16ClNO4S. The molecule has 1 rings (SSSR count). The number of hydrogen-bond donors (Lipinski definition) is 1. The minimum atomic E-state index is -3.75. The van der Waals surface area contributed by atoms with E-state index in [4.69, 9.17) is 11.6 Å². The molecule has 0 fully saturated rings. The molecule has 7 heteroatoms. The largest absolute Gasteiger partial charge is 0.469 e. The van der Waals surface area contributed by atoms with E-state index < -0.39 is 22.0 Å². The molecule has 0 aromatic heterocycles. The first-order valence-electron chi connectivity index (χ1n) is 5.61. The number of rotatable bonds is 5. The zero-order chi connectivity index (χ0) is 14.6. The number of aryl methyl sites for hydroxylation is 1. The molecule has 0 aliphatic carbocycles. The SMILES string of the molecule is COC(=O)CC(C)NS(=O)(=O)c1ccc(C)cc1Cl. The van der Waals surface area contributed by atoms with Crippen LogP contribution in [0.4, 0.5) is 0 Å². The quantitative estimate of drug-likeness (QED) is 0.843. The molecule has 1 unspecified atom stereocenters. The molecule has 1 atom stereocenters. The van der Waals surface area contributed by atoms with Crippen LogP contribution in [-0.2, 0) is 19.6 Å². The van der Waals surface area contributed by atoms with E-state index >= 15 is 0 Å². The van der Waals surface area contributed by atoms with Crippen molar-refractivity contribution < 1.29 is 17.9 Å². The topological polar surface area (TPSA) is 72.5 Å². The highest BCUT2D eigenvalue weighted by atomic mass is 35.5. The highest BCUT2D eigenvalue weighted by Crippen LogP contribution is 2.22. The van der Waals surface area contributed by atoms with Gasteiger partial charge in [0.2, 0.25) is 10.0 Å². The van der Waals surface area contributed by atoms with Crippen molar-refractivity contribution in [3.05, 3.63) is 28.8 Å². The standard InChI is InChI=1S/C12H16ClNO4S/c1-8-4-5-11(10(13)6-8)19(16,17)14-9(2)7-12(15)18-3/h4-6,9,14H,7H2,1-3H3. The summed E-state index contributed by atoms with van der Waals surface area (Å²) in [5, 5.41) is 0.151. The van der Waals surface area contributed by atoms with Crippen LogP contribution in [0.1, 0.15) is 18.9 Å². The number of hydrogen-bond acceptors (Lipinski definition) is 4. The van der Waals surface area contributed by atoms with Gasteiger partial charge >= 0.3 is 5.97 Å². The maximum absolute atomic E-state index is 12.1. The third-order valence-electron chi connectivity index (χ3n) is 2.43. The molecule has 0 saturated carbocycles. The second-order valence-electron chi connectivity index (χ2n) is 4.24. The van der Waals surface area contributed by atoms with Crippen LogP contribution < -0.4 is 4.72 Å². The first kappa shape index (κ1) is 15.9. The van der Waals surface area contributed by atoms with Crippen molar-refractivity contribution in [3.8, 4) is 0 Å². The molecule has 0 aliphatic rings. The average Bonchev–Trinajstić information content (AvgIpc) is 2.26. The molecule has 106 valence electrons. The summed E-state index contributed by atoms with van der Waals surface area (Å²) in [5.41, 5.74) is 0.867. The van der Waals surface area contributed by atoms with E-state index in [0.717, 1.165) is 5.56 Å². The molecule has 0 radical (unpaired) electrons. The smallest absolute Gasteiger partial charge is 0.307 e. The summed E-state index contributed by atoms with van der Waals surface area (Å²) in [7, 11) is -2.50. The van der Waals surface area contributed by atoms with Gasteiger partial charge in [-0.05, 0) is 31.5 Å². The maximum atomic E-state index is 12.1. The van der Waals surface area contributed by atoms with Crippen LogP contribution in [0.15, 0.2) is 23.1 Å². The number of halogens is 1. The Hall–Kier alpha value is -1.11. The van der Waals surface area contributed by atoms with Crippen molar-refractivity contribution in [1.29, 1.82) is 0 Å². The molecule has 1 aromatic rings. The monoisotopic (exact) mass is 305 g/mol. The fraction of sp³-hybridized carbons (Fsp3) is 0.417. The highest BCUT2D eigenvalue weighted by molar-refractivity contribution is 7.89. The molecule has 19 heavy (non-hydrogen) atoms. The van der Waals surface area contributed by atoms with Gasteiger partial charge in [0, 0.05) is 6.04 Å². The van der Waals surface area contributed by atoms with Crippen LogP contribution in [0.2, 0.25) is 5.02 Å². The second-order valence-corrected chi connectivity index (χ2v) is 6.33. The lowest BCUT2D eigenvalue weighted by atomic mass is 10.2. The van der Waals surface area contributed by atoms with Crippen molar-refractivity contribution in [2.75, 3.05) is 7.11 Å². The van der Waals surface area contributed by atoms with Crippen molar-refractivity contribution >= 4 is 27.6 Å². The Morgan fingerprint density at radius 3 is 2.63 bits per heavy atom. The Balaban J connectivity index is 2.89. The van der Waals surface area contributed by atoms with E-state index in [1.54, 1.807) is 19.1 Å². The van der Waals surface area contributed by atoms with E-state index in [0.29, 0.717) is 0 Å². The lowest BCUT2D eigenvalue weighted by molar-refractivity contribution is -0.140. The van der Waals surface area contributed by atoms with Crippen LogP contribution in [0.3, 0.4) is 0 Å². The van der Waals surface area contributed by atoms with E-state index in [-0.39, 0.29) is 16.3 Å². The fourth-order valence-corrected chi connectivity index (χ4v) is 3.37. The summed E-state index contributed by atoms with van der Waals surface area (Å²) in [6.45, 7) is 3.39. The third kappa shape index (κ3) is 4.49. The Bertz CT molecular complexity index is 571. The highest BCUT2D eigenvalue weighted by Gasteiger charge is 2.21. The summed E-state index contributed by atoms with van der Waals surface area (Å²) in [4.78, 5) is 11.1. The summed E-state index contributed by atoms with van der Waals surface area (Å²) in [5.74, 6) is -0.481. The Labute approximate surface area is 118 Å². The van der Waals surface area contributed by atoms with Gasteiger partial charge in [0.05, 0.1) is 18.6 Å². The van der Waals surface area contributed by atoms with Crippen molar-refractivity contribution in [2.45, 2.75) is 31.2 Å². The summed E-state index contributed by atoms with van der Waals surface area (Å²) in [6, 6.07) is 4.09. The first-order chi connectivity index (χ1) is 8.76. The molecule has 0 spiro atoms. The lowest BCUT2D eigenvalue weighted by Gasteiger charge is -2.14. The number of nitrogens with one attached hydrogen (secondary N) is 1. The Morgan fingerprint density at radius 1 is 1.47 bits per heavy atom. The van der Waals surface area contributed by atoms with Crippen molar-refractivity contribution in [3.63, 3.8) is 0 Å². The zero-order valence-electron chi connectivity index (χ0n) is 10.9. The summed E-state index contributed by atoms with van der Waals surface area (Å²) < 4.78 is 31.1. The maximum Gasteiger partial charge on any atom is 0.307 e. The zero-order valence-corrected chi connectivity index (χ0v) is 12.5. The normalized spacial score (nSPS) is 13.1. The number of sulfonamides is 1. The van der Waals surface area contributed by atoms with Gasteiger partial charge in [-0.15, -0.1) is 0 Å². The van der Waals surface area contributed by atoms with Crippen LogP contribution in [0.25, 0.3) is 0 Å². The van der Waals surface area contributed by atoms with E-state index in [1.165, 1.54) is 13.2 Å². The van der Waals surface area contributed by atoms with Gasteiger partial charge in [0.1, 0.15) is 4.90 Å². The number of carbonyl (C=O) groups is 1. The van der Waals surface area contributed by atoms with Gasteiger partial charge in [0.25, 0.3) is 0 Å². The van der Waals surface area contributed by atoms with Gasteiger partial charge in [-0.1, -0.05) is 17.7 Å². The van der Waals surface area contributed by atoms with Crippen molar-refractivity contribution in [1.82, 2.24) is 4.72 Å². The molecule has 0 bridgehead atoms. The first-order valence-corrected chi connectivity index (χ1v) is 7.47. The molecule has 0 amide bonds. The molecular weight excluding hydrogens is 290 g/mol. The van der Waals surface area contributed by atoms with Gasteiger partial charge in [-0.25, -0.2) is 13.1 Å².